The molecule has 4 nitrogen and oxygen atoms in total. The summed E-state index contributed by atoms with van der Waals surface area (Å²) in [7, 11) is 0. The van der Waals surface area contributed by atoms with Crippen LogP contribution in [0.2, 0.25) is 0 Å². The van der Waals surface area contributed by atoms with Crippen molar-refractivity contribution in [2.75, 3.05) is 5.32 Å². The summed E-state index contributed by atoms with van der Waals surface area (Å²) in [5.41, 5.74) is 2.17. The van der Waals surface area contributed by atoms with Crippen molar-refractivity contribution >= 4 is 44.1 Å². The third-order valence-electron chi connectivity index (χ3n) is 5.64. The van der Waals surface area contributed by atoms with Crippen LogP contribution in [0.25, 0.3) is 10.8 Å². The first-order valence-electron chi connectivity index (χ1n) is 8.88. The summed E-state index contributed by atoms with van der Waals surface area (Å²) >= 11 is 3.37. The van der Waals surface area contributed by atoms with Crippen LogP contribution in [0.4, 0.5) is 5.69 Å². The largest absolute Gasteiger partial charge is 0.375 e. The van der Waals surface area contributed by atoms with E-state index in [1.807, 2.05) is 24.3 Å². The van der Waals surface area contributed by atoms with Gasteiger partial charge in [0.25, 0.3) is 5.91 Å². The molecule has 0 radical (unpaired) electrons. The Morgan fingerprint density at radius 1 is 1.11 bits per heavy atom. The summed E-state index contributed by atoms with van der Waals surface area (Å²) in [4.78, 5) is 25.6. The Morgan fingerprint density at radius 3 is 2.70 bits per heavy atom. The Morgan fingerprint density at radius 2 is 1.89 bits per heavy atom. The molecular formula is C22H16BrNO3. The monoisotopic (exact) mass is 421 g/mol. The fourth-order valence-corrected chi connectivity index (χ4v) is 4.67. The van der Waals surface area contributed by atoms with Crippen LogP contribution in [0.3, 0.4) is 0 Å². The highest BCUT2D eigenvalue weighted by atomic mass is 79.9. The molecule has 1 unspecified atom stereocenters. The number of ketones is 1. The van der Waals surface area contributed by atoms with Gasteiger partial charge in [-0.1, -0.05) is 46.3 Å². The molecule has 1 heterocycles. The van der Waals surface area contributed by atoms with Crippen molar-refractivity contribution in [1.82, 2.24) is 0 Å². The molecule has 5 heteroatoms. The molecule has 5 rings (SSSR count). The zero-order chi connectivity index (χ0) is 18.8. The number of hydrogen-bond donors (Lipinski definition) is 2. The quantitative estimate of drug-likeness (QED) is 0.625. The second-order valence-electron chi connectivity index (χ2n) is 7.22. The average molecular weight is 422 g/mol. The molecule has 2 N–H and O–H groups in total. The van der Waals surface area contributed by atoms with Gasteiger partial charge in [0.1, 0.15) is 0 Å². The maximum absolute atomic E-state index is 13.2. The predicted octanol–water partition coefficient (Wildman–Crippen LogP) is 4.11. The third-order valence-corrected chi connectivity index (χ3v) is 6.14. The Kier molecular flexibility index (Phi) is 3.55. The van der Waals surface area contributed by atoms with Gasteiger partial charge >= 0.3 is 0 Å². The number of carbonyl (C=O) groups is 2. The van der Waals surface area contributed by atoms with Crippen molar-refractivity contribution in [3.8, 4) is 0 Å². The van der Waals surface area contributed by atoms with Crippen LogP contribution in [-0.2, 0) is 23.2 Å². The summed E-state index contributed by atoms with van der Waals surface area (Å²) < 4.78 is 0.744. The maximum Gasteiger partial charge on any atom is 0.261 e. The first kappa shape index (κ1) is 16.7. The Labute approximate surface area is 164 Å². The van der Waals surface area contributed by atoms with Gasteiger partial charge < -0.3 is 10.4 Å². The van der Waals surface area contributed by atoms with E-state index in [0.717, 1.165) is 28.1 Å². The van der Waals surface area contributed by atoms with Gasteiger partial charge in [0, 0.05) is 21.3 Å². The third kappa shape index (κ3) is 2.38. The van der Waals surface area contributed by atoms with E-state index in [9.17, 15) is 14.7 Å². The van der Waals surface area contributed by atoms with Crippen LogP contribution >= 0.6 is 15.9 Å². The molecule has 0 spiro atoms. The number of amides is 1. The van der Waals surface area contributed by atoms with Crippen molar-refractivity contribution < 1.29 is 14.7 Å². The van der Waals surface area contributed by atoms with Crippen molar-refractivity contribution in [1.29, 1.82) is 0 Å². The lowest BCUT2D eigenvalue weighted by atomic mass is 9.86. The number of anilines is 1. The molecule has 0 bridgehead atoms. The van der Waals surface area contributed by atoms with E-state index < -0.39 is 11.5 Å². The minimum absolute atomic E-state index is 0.240. The standard InChI is InChI=1S/C22H16BrNO3/c23-14-7-9-18-17(10-14)22(27,21(26)24-18)11-19(25)15-8-6-13-5-4-12-2-1-3-16(15)20(12)13/h1-3,6-10,27H,4-5,11H2,(H,24,26). The fourth-order valence-electron chi connectivity index (χ4n) is 4.31. The van der Waals surface area contributed by atoms with Gasteiger partial charge in [-0.2, -0.15) is 0 Å². The van der Waals surface area contributed by atoms with E-state index >= 15 is 0 Å². The number of aryl methyl sites for hydroxylation is 2. The van der Waals surface area contributed by atoms with Gasteiger partial charge in [0.05, 0.1) is 6.42 Å². The number of hydrogen-bond acceptors (Lipinski definition) is 3. The van der Waals surface area contributed by atoms with Crippen LogP contribution in [0.1, 0.15) is 33.5 Å². The van der Waals surface area contributed by atoms with E-state index in [0.29, 0.717) is 16.8 Å². The van der Waals surface area contributed by atoms with Gasteiger partial charge in [-0.25, -0.2) is 0 Å². The average Bonchev–Trinajstić information content (AvgIpc) is 3.17. The molecule has 27 heavy (non-hydrogen) atoms. The van der Waals surface area contributed by atoms with Crippen molar-refractivity contribution in [2.24, 2.45) is 0 Å². The van der Waals surface area contributed by atoms with Crippen molar-refractivity contribution in [3.05, 3.63) is 75.3 Å². The lowest BCUT2D eigenvalue weighted by Gasteiger charge is -2.20. The normalized spacial score (nSPS) is 20.0. The van der Waals surface area contributed by atoms with Gasteiger partial charge in [-0.05, 0) is 52.9 Å². The van der Waals surface area contributed by atoms with Crippen LogP contribution in [-0.4, -0.2) is 16.8 Å². The molecule has 1 amide bonds. The summed E-state index contributed by atoms with van der Waals surface area (Å²) in [6.07, 6.45) is 1.68. The number of Topliss-reactive ketones (excluding diaryl/α,β-unsaturated/α-hetero) is 1. The predicted molar refractivity (Wildman–Crippen MR) is 107 cm³/mol. The van der Waals surface area contributed by atoms with E-state index in [1.54, 1.807) is 18.2 Å². The molecule has 0 saturated heterocycles. The highest BCUT2D eigenvalue weighted by Crippen LogP contribution is 2.41. The number of fused-ring (bicyclic) bond motifs is 1. The summed E-state index contributed by atoms with van der Waals surface area (Å²) in [5, 5.41) is 15.8. The van der Waals surface area contributed by atoms with Crippen LogP contribution in [0.5, 0.6) is 0 Å². The molecule has 1 atom stereocenters. The smallest absolute Gasteiger partial charge is 0.261 e. The van der Waals surface area contributed by atoms with Crippen LogP contribution in [0.15, 0.2) is 53.0 Å². The molecule has 3 aromatic carbocycles. The number of rotatable bonds is 3. The Bertz CT molecular complexity index is 1140. The number of benzene rings is 3. The molecule has 0 fully saturated rings. The molecule has 1 aliphatic carbocycles. The minimum atomic E-state index is -1.86. The number of aliphatic hydroxyl groups is 1. The first-order chi connectivity index (χ1) is 13.0. The zero-order valence-electron chi connectivity index (χ0n) is 14.4. The van der Waals surface area contributed by atoms with Gasteiger partial charge in [0.15, 0.2) is 11.4 Å². The zero-order valence-corrected chi connectivity index (χ0v) is 16.0. The van der Waals surface area contributed by atoms with Gasteiger partial charge in [-0.3, -0.25) is 9.59 Å². The van der Waals surface area contributed by atoms with Crippen LogP contribution < -0.4 is 5.32 Å². The number of nitrogens with one attached hydrogen (secondary N) is 1. The topological polar surface area (TPSA) is 66.4 Å². The molecule has 3 aromatic rings. The SMILES string of the molecule is O=C(CC1(O)C(=O)Nc2ccc(Br)cc21)c1ccc2c3c(cccc13)CC2. The molecule has 2 aliphatic rings. The van der Waals surface area contributed by atoms with E-state index in [4.69, 9.17) is 0 Å². The highest BCUT2D eigenvalue weighted by Gasteiger charge is 2.47. The van der Waals surface area contributed by atoms with Crippen LogP contribution in [0, 0.1) is 0 Å². The highest BCUT2D eigenvalue weighted by molar-refractivity contribution is 9.10. The number of halogens is 1. The summed E-state index contributed by atoms with van der Waals surface area (Å²) in [6.45, 7) is 0. The Hall–Kier alpha value is -2.50. The van der Waals surface area contributed by atoms with Gasteiger partial charge in [-0.15, -0.1) is 0 Å². The molecule has 1 aliphatic heterocycles. The second-order valence-corrected chi connectivity index (χ2v) is 8.13. The lowest BCUT2D eigenvalue weighted by molar-refractivity contribution is -0.133. The van der Waals surface area contributed by atoms with Crippen molar-refractivity contribution in [3.63, 3.8) is 0 Å². The van der Waals surface area contributed by atoms with Crippen molar-refractivity contribution in [2.45, 2.75) is 24.9 Å². The Balaban J connectivity index is 1.59. The molecular weight excluding hydrogens is 406 g/mol. The molecule has 0 saturated carbocycles. The maximum atomic E-state index is 13.2. The molecule has 134 valence electrons. The van der Waals surface area contributed by atoms with E-state index in [-0.39, 0.29) is 12.2 Å². The summed E-state index contributed by atoms with van der Waals surface area (Å²) in [5.74, 6) is -0.800. The first-order valence-corrected chi connectivity index (χ1v) is 9.67. The molecule has 0 aromatic heterocycles. The summed E-state index contributed by atoms with van der Waals surface area (Å²) in [6, 6.07) is 15.0. The van der Waals surface area contributed by atoms with E-state index in [2.05, 4.69) is 27.3 Å². The lowest BCUT2D eigenvalue weighted by Crippen LogP contribution is -2.36. The van der Waals surface area contributed by atoms with E-state index in [1.165, 1.54) is 11.1 Å². The number of carbonyl (C=O) groups excluding carboxylic acids is 2. The van der Waals surface area contributed by atoms with Gasteiger partial charge in [0.2, 0.25) is 0 Å². The second kappa shape index (κ2) is 5.75. The fraction of sp³-hybridized carbons (Fsp3) is 0.182. The minimum Gasteiger partial charge on any atom is -0.375 e.